The first-order valence-corrected chi connectivity index (χ1v) is 6.51. The normalized spacial score (nSPS) is 12.3. The van der Waals surface area contributed by atoms with E-state index in [0.29, 0.717) is 11.7 Å². The van der Waals surface area contributed by atoms with Crippen molar-refractivity contribution in [1.82, 2.24) is 14.0 Å². The van der Waals surface area contributed by atoms with Gasteiger partial charge in [0.2, 0.25) is 5.62 Å². The summed E-state index contributed by atoms with van der Waals surface area (Å²) in [5, 5.41) is 18.1. The van der Waals surface area contributed by atoms with Gasteiger partial charge in [-0.25, -0.2) is 0 Å². The summed E-state index contributed by atoms with van der Waals surface area (Å²) in [6.45, 7) is 5.56. The molecular weight excluding hydrogens is 268 g/mol. The minimum atomic E-state index is 0.455. The van der Waals surface area contributed by atoms with Crippen molar-refractivity contribution in [2.45, 2.75) is 6.92 Å². The number of imidazole rings is 1. The lowest BCUT2D eigenvalue weighted by Gasteiger charge is -2.09. The number of azo groups is 1. The summed E-state index contributed by atoms with van der Waals surface area (Å²) >= 11 is 0. The van der Waals surface area contributed by atoms with E-state index in [0.717, 1.165) is 5.62 Å². The highest BCUT2D eigenvalue weighted by atomic mass is 15.3. The fourth-order valence-corrected chi connectivity index (χ4v) is 1.36. The molecule has 0 spiro atoms. The zero-order valence-corrected chi connectivity index (χ0v) is 13.2. The van der Waals surface area contributed by atoms with Crippen molar-refractivity contribution >= 4 is 5.84 Å². The number of amidine groups is 1. The standard InChI is InChI=1S/C13H22N8/c1-11(15-17-12(2)19(4)8-7-14-3)16-18-13-20(5)9-10-21(13)6/h7-10,14H,2H2,1,3-6H3/p+1. The van der Waals surface area contributed by atoms with Crippen LogP contribution < -0.4 is 10.9 Å². The van der Waals surface area contributed by atoms with Crippen LogP contribution in [0.1, 0.15) is 6.92 Å². The molecule has 2 N–H and O–H groups in total. The Morgan fingerprint density at radius 3 is 2.48 bits per heavy atom. The van der Waals surface area contributed by atoms with Gasteiger partial charge in [0.15, 0.2) is 5.84 Å². The number of hydrogen-bond acceptors (Lipinski definition) is 4. The molecule has 0 aliphatic rings. The topological polar surface area (TPSA) is 79.2 Å². The van der Waals surface area contributed by atoms with E-state index in [9.17, 15) is 0 Å². The molecule has 0 fully saturated rings. The molecule has 21 heavy (non-hydrogen) atoms. The van der Waals surface area contributed by atoms with Crippen molar-refractivity contribution in [3.63, 3.8) is 0 Å². The monoisotopic (exact) mass is 291 g/mol. The van der Waals surface area contributed by atoms with Crippen LogP contribution in [-0.4, -0.2) is 34.0 Å². The Balaban J connectivity index is 2.77. The molecule has 0 aliphatic carbocycles. The van der Waals surface area contributed by atoms with Gasteiger partial charge < -0.3 is 19.4 Å². The Morgan fingerprint density at radius 2 is 1.90 bits per heavy atom. The molecule has 0 radical (unpaired) electrons. The second-order valence-corrected chi connectivity index (χ2v) is 4.47. The highest BCUT2D eigenvalue weighted by Crippen LogP contribution is 2.01. The molecule has 1 aromatic heterocycles. The minimum Gasteiger partial charge on any atom is -0.330 e. The van der Waals surface area contributed by atoms with E-state index < -0.39 is 0 Å². The van der Waals surface area contributed by atoms with Gasteiger partial charge in [-0.05, 0) is 6.92 Å². The first-order valence-electron chi connectivity index (χ1n) is 6.51. The maximum Gasteiger partial charge on any atom is 0.229 e. The lowest BCUT2D eigenvalue weighted by Crippen LogP contribution is -2.72. The van der Waals surface area contributed by atoms with Gasteiger partial charge in [0, 0.05) is 33.5 Å². The molecule has 114 valence electrons. The molecule has 1 rings (SSSR count). The SMILES string of the molecule is C=C(N=NC(C)=NN=c1n(C)ccn1C)N(C)C=C[NH2+]C. The Hall–Kier alpha value is -2.48. The van der Waals surface area contributed by atoms with Crippen LogP contribution in [0.3, 0.4) is 0 Å². The van der Waals surface area contributed by atoms with E-state index >= 15 is 0 Å². The van der Waals surface area contributed by atoms with E-state index in [4.69, 9.17) is 0 Å². The fraction of sp³-hybridized carbons (Fsp3) is 0.385. The highest BCUT2D eigenvalue weighted by Gasteiger charge is 1.96. The summed E-state index contributed by atoms with van der Waals surface area (Å²) < 4.78 is 3.74. The van der Waals surface area contributed by atoms with Gasteiger partial charge in [0.25, 0.3) is 0 Å². The predicted octanol–water partition coefficient (Wildman–Crippen LogP) is 0.117. The fourth-order valence-electron chi connectivity index (χ4n) is 1.36. The maximum absolute atomic E-state index is 4.14. The van der Waals surface area contributed by atoms with Crippen LogP contribution in [0.25, 0.3) is 0 Å². The second kappa shape index (κ2) is 7.95. The van der Waals surface area contributed by atoms with Gasteiger partial charge in [0.05, 0.1) is 13.2 Å². The molecule has 1 heterocycles. The third-order valence-corrected chi connectivity index (χ3v) is 2.65. The van der Waals surface area contributed by atoms with Crippen molar-refractivity contribution in [2.24, 2.45) is 34.5 Å². The van der Waals surface area contributed by atoms with Crippen LogP contribution in [-0.2, 0) is 14.1 Å². The van der Waals surface area contributed by atoms with Gasteiger partial charge in [-0.1, -0.05) is 6.58 Å². The minimum absolute atomic E-state index is 0.455. The second-order valence-electron chi connectivity index (χ2n) is 4.47. The molecule has 0 amide bonds. The molecule has 0 saturated carbocycles. The Morgan fingerprint density at radius 1 is 1.29 bits per heavy atom. The van der Waals surface area contributed by atoms with Gasteiger partial charge in [0.1, 0.15) is 12.0 Å². The van der Waals surface area contributed by atoms with Crippen LogP contribution in [0.2, 0.25) is 0 Å². The zero-order valence-electron chi connectivity index (χ0n) is 13.2. The van der Waals surface area contributed by atoms with Crippen LogP contribution in [0, 0.1) is 0 Å². The molecule has 8 heteroatoms. The molecule has 0 aromatic carbocycles. The smallest absolute Gasteiger partial charge is 0.229 e. The summed E-state index contributed by atoms with van der Waals surface area (Å²) in [5.41, 5.74) is 0.724. The molecule has 8 nitrogen and oxygen atoms in total. The zero-order chi connectivity index (χ0) is 15.8. The van der Waals surface area contributed by atoms with Gasteiger partial charge >= 0.3 is 0 Å². The van der Waals surface area contributed by atoms with E-state index in [2.05, 4.69) is 27.0 Å². The number of aryl methyl sites for hydroxylation is 2. The number of rotatable bonds is 5. The Bertz CT molecular complexity index is 606. The lowest BCUT2D eigenvalue weighted by molar-refractivity contribution is -0.557. The highest BCUT2D eigenvalue weighted by molar-refractivity contribution is 5.79. The third-order valence-electron chi connectivity index (χ3n) is 2.65. The first kappa shape index (κ1) is 16.6. The average Bonchev–Trinajstić information content (AvgIpc) is 2.78. The molecule has 0 saturated heterocycles. The average molecular weight is 291 g/mol. The van der Waals surface area contributed by atoms with Crippen LogP contribution in [0.4, 0.5) is 0 Å². The van der Waals surface area contributed by atoms with Crippen molar-refractivity contribution in [2.75, 3.05) is 14.1 Å². The molecule has 1 aromatic rings. The van der Waals surface area contributed by atoms with E-state index in [1.807, 2.05) is 67.4 Å². The van der Waals surface area contributed by atoms with Crippen molar-refractivity contribution < 1.29 is 5.32 Å². The summed E-state index contributed by atoms with van der Waals surface area (Å²) in [6.07, 6.45) is 7.55. The number of nitrogens with two attached hydrogens (primary N) is 1. The van der Waals surface area contributed by atoms with E-state index in [1.54, 1.807) is 11.8 Å². The van der Waals surface area contributed by atoms with E-state index in [-0.39, 0.29) is 0 Å². The van der Waals surface area contributed by atoms with Gasteiger partial charge in [-0.3, -0.25) is 0 Å². The van der Waals surface area contributed by atoms with Crippen molar-refractivity contribution in [3.8, 4) is 0 Å². The largest absolute Gasteiger partial charge is 0.330 e. The number of nitrogens with zero attached hydrogens (tertiary/aromatic N) is 7. The maximum atomic E-state index is 4.14. The van der Waals surface area contributed by atoms with E-state index in [1.165, 1.54) is 0 Å². The predicted molar refractivity (Wildman–Crippen MR) is 81.8 cm³/mol. The van der Waals surface area contributed by atoms with Crippen LogP contribution in [0.15, 0.2) is 57.6 Å². The van der Waals surface area contributed by atoms with Crippen molar-refractivity contribution in [3.05, 3.63) is 42.8 Å². The molecule has 0 atom stereocenters. The number of aromatic nitrogens is 2. The molecular formula is C13H23N8+. The molecule has 0 aliphatic heterocycles. The quantitative estimate of drug-likeness (QED) is 0.355. The first-order chi connectivity index (χ1) is 9.95. The summed E-state index contributed by atoms with van der Waals surface area (Å²) in [5.74, 6) is 0.976. The summed E-state index contributed by atoms with van der Waals surface area (Å²) in [4.78, 5) is 1.77. The molecule has 0 bridgehead atoms. The van der Waals surface area contributed by atoms with Gasteiger partial charge in [-0.15, -0.1) is 20.4 Å². The summed E-state index contributed by atoms with van der Waals surface area (Å²) in [7, 11) is 7.59. The van der Waals surface area contributed by atoms with Crippen molar-refractivity contribution in [1.29, 1.82) is 0 Å². The van der Waals surface area contributed by atoms with Gasteiger partial charge in [-0.2, -0.15) is 0 Å². The Kier molecular flexibility index (Phi) is 6.28. The molecule has 0 unspecified atom stereocenters. The summed E-state index contributed by atoms with van der Waals surface area (Å²) in [6, 6.07) is 0. The lowest BCUT2D eigenvalue weighted by atomic mass is 10.6. The van der Waals surface area contributed by atoms with Crippen LogP contribution >= 0.6 is 0 Å². The Labute approximate surface area is 124 Å². The third kappa shape index (κ3) is 5.19. The number of quaternary nitrogens is 1. The number of hydrogen-bond donors (Lipinski definition) is 1. The van der Waals surface area contributed by atoms with Crippen LogP contribution in [0.5, 0.6) is 0 Å².